The van der Waals surface area contributed by atoms with Crippen LogP contribution in [-0.4, -0.2) is 50.6 Å². The average molecular weight is 423 g/mol. The van der Waals surface area contributed by atoms with E-state index in [1.54, 1.807) is 36.2 Å². The van der Waals surface area contributed by atoms with Crippen LogP contribution in [-0.2, 0) is 0 Å². The SMILES string of the molecule is CN(C(=O)c1cccc(NC(=O)NC[C@@H](C2CCCCC2)N(C)C)c1)c1ccccc1. The fourth-order valence-electron chi connectivity index (χ4n) is 4.35. The summed E-state index contributed by atoms with van der Waals surface area (Å²) in [6.07, 6.45) is 6.33. The fourth-order valence-corrected chi connectivity index (χ4v) is 4.35. The molecule has 0 aliphatic heterocycles. The molecular weight excluding hydrogens is 388 g/mol. The van der Waals surface area contributed by atoms with Crippen molar-refractivity contribution in [3.8, 4) is 0 Å². The molecule has 0 aromatic heterocycles. The van der Waals surface area contributed by atoms with Crippen LogP contribution in [0.5, 0.6) is 0 Å². The van der Waals surface area contributed by atoms with Crippen LogP contribution in [0.2, 0.25) is 0 Å². The Bertz CT molecular complexity index is 863. The molecule has 1 aliphatic rings. The third-order valence-electron chi connectivity index (χ3n) is 6.14. The van der Waals surface area contributed by atoms with Crippen LogP contribution >= 0.6 is 0 Å². The molecule has 1 aliphatic carbocycles. The third kappa shape index (κ3) is 6.31. The van der Waals surface area contributed by atoms with Crippen LogP contribution < -0.4 is 15.5 Å². The fraction of sp³-hybridized carbons (Fsp3) is 0.440. The van der Waals surface area contributed by atoms with Gasteiger partial charge in [-0.15, -0.1) is 0 Å². The lowest BCUT2D eigenvalue weighted by atomic mass is 9.83. The van der Waals surface area contributed by atoms with Crippen molar-refractivity contribution in [1.82, 2.24) is 10.2 Å². The van der Waals surface area contributed by atoms with E-state index in [9.17, 15) is 9.59 Å². The number of nitrogens with zero attached hydrogens (tertiary/aromatic N) is 2. The van der Waals surface area contributed by atoms with Gasteiger partial charge in [0.05, 0.1) is 0 Å². The Morgan fingerprint density at radius 2 is 1.68 bits per heavy atom. The molecule has 1 saturated carbocycles. The number of anilines is 2. The van der Waals surface area contributed by atoms with E-state index in [0.717, 1.165) is 5.69 Å². The van der Waals surface area contributed by atoms with E-state index in [4.69, 9.17) is 0 Å². The van der Waals surface area contributed by atoms with Crippen LogP contribution in [0.25, 0.3) is 0 Å². The summed E-state index contributed by atoms with van der Waals surface area (Å²) in [6, 6.07) is 16.6. The third-order valence-corrected chi connectivity index (χ3v) is 6.14. The number of rotatable bonds is 7. The van der Waals surface area contributed by atoms with Gasteiger partial charge in [0, 0.05) is 36.6 Å². The second-order valence-electron chi connectivity index (χ2n) is 8.54. The highest BCUT2D eigenvalue weighted by atomic mass is 16.2. The van der Waals surface area contributed by atoms with Gasteiger partial charge in [-0.3, -0.25) is 4.79 Å². The molecule has 31 heavy (non-hydrogen) atoms. The van der Waals surface area contributed by atoms with E-state index in [0.29, 0.717) is 29.8 Å². The molecule has 0 radical (unpaired) electrons. The molecule has 0 spiro atoms. The van der Waals surface area contributed by atoms with Crippen LogP contribution in [0.15, 0.2) is 54.6 Å². The number of likely N-dealkylation sites (N-methyl/N-ethyl adjacent to an activating group) is 1. The summed E-state index contributed by atoms with van der Waals surface area (Å²) in [4.78, 5) is 29.2. The minimum atomic E-state index is -0.247. The standard InChI is InChI=1S/C25H34N4O2/c1-28(2)23(19-11-6-4-7-12-19)18-26-25(31)27-21-14-10-13-20(17-21)24(30)29(3)22-15-8-5-9-16-22/h5,8-10,13-17,19,23H,4,6-7,11-12,18H2,1-3H3,(H2,26,27,31)/t23-/m0/s1. The number of hydrogen-bond acceptors (Lipinski definition) is 3. The summed E-state index contributed by atoms with van der Waals surface area (Å²) in [6.45, 7) is 0.610. The Hall–Kier alpha value is -2.86. The molecule has 2 N–H and O–H groups in total. The van der Waals surface area contributed by atoms with Crippen molar-refractivity contribution in [2.45, 2.75) is 38.1 Å². The number of nitrogens with one attached hydrogen (secondary N) is 2. The van der Waals surface area contributed by atoms with Crippen LogP contribution in [0, 0.1) is 5.92 Å². The lowest BCUT2D eigenvalue weighted by molar-refractivity contribution is 0.0993. The van der Waals surface area contributed by atoms with E-state index in [1.807, 2.05) is 30.3 Å². The number of carbonyl (C=O) groups excluding carboxylic acids is 2. The number of carbonyl (C=O) groups is 2. The van der Waals surface area contributed by atoms with Gasteiger partial charge in [0.25, 0.3) is 5.91 Å². The number of hydrogen-bond donors (Lipinski definition) is 2. The van der Waals surface area contributed by atoms with E-state index < -0.39 is 0 Å². The van der Waals surface area contributed by atoms with E-state index in [-0.39, 0.29) is 11.9 Å². The zero-order valence-corrected chi connectivity index (χ0v) is 18.8. The molecule has 0 heterocycles. The molecule has 6 heteroatoms. The van der Waals surface area contributed by atoms with Crippen LogP contribution in [0.4, 0.5) is 16.2 Å². The molecule has 166 valence electrons. The van der Waals surface area contributed by atoms with Gasteiger partial charge in [0.2, 0.25) is 0 Å². The summed E-state index contributed by atoms with van der Waals surface area (Å²) in [5.74, 6) is 0.499. The Morgan fingerprint density at radius 1 is 0.968 bits per heavy atom. The second-order valence-corrected chi connectivity index (χ2v) is 8.54. The van der Waals surface area contributed by atoms with Crippen molar-refractivity contribution < 1.29 is 9.59 Å². The van der Waals surface area contributed by atoms with Crippen molar-refractivity contribution >= 4 is 23.3 Å². The minimum Gasteiger partial charge on any atom is -0.336 e. The van der Waals surface area contributed by atoms with Crippen molar-refractivity contribution in [3.05, 3.63) is 60.2 Å². The smallest absolute Gasteiger partial charge is 0.319 e. The van der Waals surface area contributed by atoms with Gasteiger partial charge in [-0.2, -0.15) is 0 Å². The molecule has 1 atom stereocenters. The van der Waals surface area contributed by atoms with Crippen LogP contribution in [0.3, 0.4) is 0 Å². The number of urea groups is 1. The molecule has 0 unspecified atom stereocenters. The van der Waals surface area contributed by atoms with Gasteiger partial charge >= 0.3 is 6.03 Å². The number of amides is 3. The van der Waals surface area contributed by atoms with E-state index in [2.05, 4.69) is 29.6 Å². The Morgan fingerprint density at radius 3 is 2.35 bits per heavy atom. The van der Waals surface area contributed by atoms with Gasteiger partial charge in [0.15, 0.2) is 0 Å². The van der Waals surface area contributed by atoms with E-state index >= 15 is 0 Å². The molecule has 2 aromatic rings. The molecule has 0 saturated heterocycles. The molecule has 2 aromatic carbocycles. The molecule has 0 bridgehead atoms. The zero-order chi connectivity index (χ0) is 22.2. The highest BCUT2D eigenvalue weighted by Crippen LogP contribution is 2.28. The summed E-state index contributed by atoms with van der Waals surface area (Å²) in [7, 11) is 5.91. The quantitative estimate of drug-likeness (QED) is 0.686. The summed E-state index contributed by atoms with van der Waals surface area (Å²) < 4.78 is 0. The maximum Gasteiger partial charge on any atom is 0.319 e. The first-order valence-corrected chi connectivity index (χ1v) is 11.1. The van der Waals surface area contributed by atoms with Crippen LogP contribution in [0.1, 0.15) is 42.5 Å². The second kappa shape index (κ2) is 11.0. The van der Waals surface area contributed by atoms with Gasteiger partial charge in [-0.05, 0) is 63.2 Å². The minimum absolute atomic E-state index is 0.125. The van der Waals surface area contributed by atoms with Crippen molar-refractivity contribution in [1.29, 1.82) is 0 Å². The van der Waals surface area contributed by atoms with Gasteiger partial charge < -0.3 is 20.4 Å². The predicted octanol–water partition coefficient (Wildman–Crippen LogP) is 4.60. The molecular formula is C25H34N4O2. The summed E-state index contributed by atoms with van der Waals surface area (Å²) in [5, 5.41) is 5.89. The van der Waals surface area contributed by atoms with E-state index in [1.165, 1.54) is 32.1 Å². The molecule has 3 amide bonds. The molecule has 1 fully saturated rings. The van der Waals surface area contributed by atoms with Gasteiger partial charge in [-0.1, -0.05) is 43.5 Å². The van der Waals surface area contributed by atoms with Crippen molar-refractivity contribution in [2.75, 3.05) is 37.9 Å². The molecule has 6 nitrogen and oxygen atoms in total. The van der Waals surface area contributed by atoms with Gasteiger partial charge in [0.1, 0.15) is 0 Å². The Balaban J connectivity index is 1.58. The molecule has 3 rings (SSSR count). The highest BCUT2D eigenvalue weighted by molar-refractivity contribution is 6.06. The Kier molecular flexibility index (Phi) is 8.06. The first kappa shape index (κ1) is 22.8. The largest absolute Gasteiger partial charge is 0.336 e. The average Bonchev–Trinajstić information content (AvgIpc) is 2.79. The highest BCUT2D eigenvalue weighted by Gasteiger charge is 2.25. The van der Waals surface area contributed by atoms with Crippen molar-refractivity contribution in [3.63, 3.8) is 0 Å². The van der Waals surface area contributed by atoms with Gasteiger partial charge in [-0.25, -0.2) is 4.79 Å². The first-order valence-electron chi connectivity index (χ1n) is 11.1. The first-order chi connectivity index (χ1) is 15.0. The number of benzene rings is 2. The van der Waals surface area contributed by atoms with Crippen molar-refractivity contribution in [2.24, 2.45) is 5.92 Å². The Labute approximate surface area is 185 Å². The topological polar surface area (TPSA) is 64.7 Å². The lowest BCUT2D eigenvalue weighted by Gasteiger charge is -2.34. The number of para-hydroxylation sites is 1. The maximum absolute atomic E-state index is 12.8. The summed E-state index contributed by atoms with van der Waals surface area (Å²) in [5.41, 5.74) is 1.95. The maximum atomic E-state index is 12.8. The lowest BCUT2D eigenvalue weighted by Crippen LogP contribution is -2.46. The zero-order valence-electron chi connectivity index (χ0n) is 18.8. The normalized spacial score (nSPS) is 15.4. The summed E-state index contributed by atoms with van der Waals surface area (Å²) >= 11 is 0. The predicted molar refractivity (Wildman–Crippen MR) is 127 cm³/mol. The monoisotopic (exact) mass is 422 g/mol.